The van der Waals surface area contributed by atoms with Crippen molar-refractivity contribution in [2.45, 2.75) is 25.4 Å². The summed E-state index contributed by atoms with van der Waals surface area (Å²) in [6, 6.07) is 17.5. The number of hydrogen-bond acceptors (Lipinski definition) is 5. The maximum Gasteiger partial charge on any atom is 0.416 e. The fraction of sp³-hybridized carbons (Fsp3) is 0.167. The van der Waals surface area contributed by atoms with Crippen LogP contribution in [0.1, 0.15) is 16.7 Å². The minimum atomic E-state index is -4.48. The van der Waals surface area contributed by atoms with Gasteiger partial charge >= 0.3 is 18.1 Å². The highest BCUT2D eigenvalue weighted by Gasteiger charge is 2.30. The van der Waals surface area contributed by atoms with E-state index in [0.29, 0.717) is 11.1 Å². The van der Waals surface area contributed by atoms with Gasteiger partial charge in [0.1, 0.15) is 6.61 Å². The van der Waals surface area contributed by atoms with Crippen molar-refractivity contribution in [3.05, 3.63) is 99.5 Å². The summed E-state index contributed by atoms with van der Waals surface area (Å²) < 4.78 is 48.6. The second-order valence-electron chi connectivity index (χ2n) is 7.08. The average Bonchev–Trinajstić information content (AvgIpc) is 2.79. The fourth-order valence-corrected chi connectivity index (χ4v) is 3.37. The van der Waals surface area contributed by atoms with Gasteiger partial charge in [0.15, 0.2) is 0 Å². The minimum Gasteiger partial charge on any atom is -0.457 e. The van der Waals surface area contributed by atoms with Gasteiger partial charge in [0, 0.05) is 0 Å². The normalized spacial score (nSPS) is 12.0. The first-order valence-electron chi connectivity index (χ1n) is 9.90. The van der Waals surface area contributed by atoms with Gasteiger partial charge in [-0.2, -0.15) is 13.2 Å². The molecule has 0 spiro atoms. The van der Waals surface area contributed by atoms with Crippen LogP contribution in [-0.2, 0) is 38.3 Å². The fourth-order valence-electron chi connectivity index (χ4n) is 2.86. The lowest BCUT2D eigenvalue weighted by atomic mass is 10.1. The van der Waals surface area contributed by atoms with Crippen molar-refractivity contribution in [2.75, 3.05) is 5.32 Å². The Labute approximate surface area is 203 Å². The second-order valence-corrected chi connectivity index (χ2v) is 7.89. The Kier molecular flexibility index (Phi) is 8.41. The number of ether oxygens (including phenoxy) is 2. The third kappa shape index (κ3) is 7.13. The second kappa shape index (κ2) is 11.3. The predicted molar refractivity (Wildman–Crippen MR) is 121 cm³/mol. The van der Waals surface area contributed by atoms with Gasteiger partial charge in [-0.15, -0.1) is 0 Å². The van der Waals surface area contributed by atoms with Crippen LogP contribution in [0.15, 0.2) is 72.8 Å². The molecule has 0 amide bonds. The number of benzene rings is 3. The van der Waals surface area contributed by atoms with Gasteiger partial charge in [-0.3, -0.25) is 4.79 Å². The number of esters is 2. The zero-order valence-electron chi connectivity index (χ0n) is 17.4. The van der Waals surface area contributed by atoms with Crippen LogP contribution in [0.2, 0.25) is 10.0 Å². The van der Waals surface area contributed by atoms with Crippen molar-refractivity contribution in [1.82, 2.24) is 0 Å². The van der Waals surface area contributed by atoms with E-state index in [9.17, 15) is 22.8 Å². The summed E-state index contributed by atoms with van der Waals surface area (Å²) in [5.74, 6) is -1.71. The van der Waals surface area contributed by atoms with Crippen LogP contribution < -0.4 is 5.32 Å². The number of rotatable bonds is 8. The number of halogens is 5. The lowest BCUT2D eigenvalue weighted by Gasteiger charge is -2.20. The van der Waals surface area contributed by atoms with E-state index in [4.69, 9.17) is 32.7 Å². The number of hydrogen-bond donors (Lipinski definition) is 1. The van der Waals surface area contributed by atoms with Gasteiger partial charge in [0.2, 0.25) is 0 Å². The van der Waals surface area contributed by atoms with E-state index >= 15 is 0 Å². The SMILES string of the molecule is O=C(Cc1ccccc1)OC(Nc1c(Cl)cccc1Cl)C(=O)OCc1ccc(C(F)(F)F)cc1. The molecule has 0 aliphatic rings. The molecule has 34 heavy (non-hydrogen) atoms. The monoisotopic (exact) mass is 511 g/mol. The molecule has 0 aliphatic heterocycles. The molecular formula is C24H18Cl2F3NO4. The molecular weight excluding hydrogens is 494 g/mol. The molecule has 0 bridgehead atoms. The first-order chi connectivity index (χ1) is 16.1. The summed E-state index contributed by atoms with van der Waals surface area (Å²) in [6.07, 6.45) is -6.20. The van der Waals surface area contributed by atoms with Crippen LogP contribution in [0, 0.1) is 0 Å². The summed E-state index contributed by atoms with van der Waals surface area (Å²) in [7, 11) is 0. The molecule has 0 saturated heterocycles. The Morgan fingerprint density at radius 1 is 0.853 bits per heavy atom. The molecule has 10 heteroatoms. The Balaban J connectivity index is 1.72. The highest BCUT2D eigenvalue weighted by atomic mass is 35.5. The van der Waals surface area contributed by atoms with Crippen LogP contribution >= 0.6 is 23.2 Å². The highest BCUT2D eigenvalue weighted by molar-refractivity contribution is 6.39. The van der Waals surface area contributed by atoms with Crippen molar-refractivity contribution in [2.24, 2.45) is 0 Å². The minimum absolute atomic E-state index is 0.110. The number of carbonyl (C=O) groups excluding carboxylic acids is 2. The summed E-state index contributed by atoms with van der Waals surface area (Å²) in [6.45, 7) is -0.346. The zero-order chi connectivity index (χ0) is 24.7. The summed E-state index contributed by atoms with van der Waals surface area (Å²) >= 11 is 12.3. The van der Waals surface area contributed by atoms with Gasteiger partial charge < -0.3 is 14.8 Å². The standard InChI is InChI=1S/C24H18Cl2F3NO4/c25-18-7-4-8-19(26)21(18)30-22(34-20(31)13-15-5-2-1-3-6-15)23(32)33-14-16-9-11-17(12-10-16)24(27,28)29/h1-12,22,30H,13-14H2. The smallest absolute Gasteiger partial charge is 0.416 e. The summed E-state index contributed by atoms with van der Waals surface area (Å²) in [4.78, 5) is 25.2. The molecule has 3 rings (SSSR count). The lowest BCUT2D eigenvalue weighted by molar-refractivity contribution is -0.166. The molecule has 0 radical (unpaired) electrons. The van der Waals surface area contributed by atoms with E-state index in [0.717, 1.165) is 12.1 Å². The number of nitrogens with one attached hydrogen (secondary N) is 1. The van der Waals surface area contributed by atoms with Crippen molar-refractivity contribution in [1.29, 1.82) is 0 Å². The molecule has 178 valence electrons. The Hall–Kier alpha value is -3.23. The Morgan fingerprint density at radius 3 is 2.06 bits per heavy atom. The molecule has 5 nitrogen and oxygen atoms in total. The van der Waals surface area contributed by atoms with Crippen LogP contribution in [0.4, 0.5) is 18.9 Å². The quantitative estimate of drug-likeness (QED) is 0.284. The van der Waals surface area contributed by atoms with E-state index in [2.05, 4.69) is 5.32 Å². The van der Waals surface area contributed by atoms with Crippen molar-refractivity contribution in [3.63, 3.8) is 0 Å². The number of anilines is 1. The van der Waals surface area contributed by atoms with Crippen molar-refractivity contribution < 1.29 is 32.2 Å². The molecule has 0 saturated carbocycles. The van der Waals surface area contributed by atoms with Gasteiger partial charge in [-0.1, -0.05) is 71.7 Å². The zero-order valence-corrected chi connectivity index (χ0v) is 19.0. The van der Waals surface area contributed by atoms with Crippen LogP contribution in [0.3, 0.4) is 0 Å². The number of carbonyl (C=O) groups is 2. The molecule has 3 aromatic carbocycles. The molecule has 1 unspecified atom stereocenters. The van der Waals surface area contributed by atoms with Crippen LogP contribution in [0.25, 0.3) is 0 Å². The number of para-hydroxylation sites is 1. The summed E-state index contributed by atoms with van der Waals surface area (Å²) in [5, 5.41) is 3.01. The van der Waals surface area contributed by atoms with Gasteiger partial charge in [0.05, 0.1) is 27.7 Å². The maximum absolute atomic E-state index is 12.7. The first-order valence-corrected chi connectivity index (χ1v) is 10.7. The average molecular weight is 512 g/mol. The topological polar surface area (TPSA) is 64.6 Å². The predicted octanol–water partition coefficient (Wildman–Crippen LogP) is 6.28. The van der Waals surface area contributed by atoms with Crippen LogP contribution in [0.5, 0.6) is 0 Å². The largest absolute Gasteiger partial charge is 0.457 e. The van der Waals surface area contributed by atoms with E-state index in [1.54, 1.807) is 36.4 Å². The van der Waals surface area contributed by atoms with E-state index < -0.39 is 29.9 Å². The third-order valence-corrected chi connectivity index (χ3v) is 5.19. The number of alkyl halides is 3. The van der Waals surface area contributed by atoms with Crippen LogP contribution in [-0.4, -0.2) is 18.2 Å². The molecule has 3 aromatic rings. The van der Waals surface area contributed by atoms with Gasteiger partial charge in [0.25, 0.3) is 6.23 Å². The van der Waals surface area contributed by atoms with Gasteiger partial charge in [-0.25, -0.2) is 4.79 Å². The molecule has 1 atom stereocenters. The van der Waals surface area contributed by atoms with Gasteiger partial charge in [-0.05, 0) is 35.4 Å². The van der Waals surface area contributed by atoms with E-state index in [-0.39, 0.29) is 28.8 Å². The summed E-state index contributed by atoms with van der Waals surface area (Å²) in [5.41, 5.74) is 0.298. The molecule has 0 heterocycles. The van der Waals surface area contributed by atoms with E-state index in [1.165, 1.54) is 24.3 Å². The first kappa shape index (κ1) is 25.4. The Bertz CT molecular complexity index is 1120. The highest BCUT2D eigenvalue weighted by Crippen LogP contribution is 2.31. The third-order valence-electron chi connectivity index (χ3n) is 4.56. The molecule has 1 N–H and O–H groups in total. The van der Waals surface area contributed by atoms with Crippen molar-refractivity contribution in [3.8, 4) is 0 Å². The maximum atomic E-state index is 12.7. The van der Waals surface area contributed by atoms with E-state index in [1.807, 2.05) is 0 Å². The molecule has 0 aliphatic carbocycles. The molecule has 0 fully saturated rings. The van der Waals surface area contributed by atoms with Crippen molar-refractivity contribution >= 4 is 40.8 Å². The lowest BCUT2D eigenvalue weighted by Crippen LogP contribution is -2.36. The molecule has 0 aromatic heterocycles. The Morgan fingerprint density at radius 2 is 1.47 bits per heavy atom.